The molecule has 0 saturated carbocycles. The van der Waals surface area contributed by atoms with Crippen LogP contribution in [0.3, 0.4) is 0 Å². The van der Waals surface area contributed by atoms with Crippen LogP contribution in [0.2, 0.25) is 5.02 Å². The smallest absolute Gasteiger partial charge is 0.155 e. The standard InChI is InChI=1S/C14H12ClF2N3/c1-14(2)7-20(13-12(14)18-3-4-19-13)8-5-9(16)11(15)10(17)6-8/h3-6H,7H2,1-2H3. The lowest BCUT2D eigenvalue weighted by Gasteiger charge is -2.21. The average molecular weight is 296 g/mol. The van der Waals surface area contributed by atoms with Gasteiger partial charge in [-0.2, -0.15) is 0 Å². The Morgan fingerprint density at radius 3 is 2.40 bits per heavy atom. The summed E-state index contributed by atoms with van der Waals surface area (Å²) < 4.78 is 27.3. The molecule has 3 nitrogen and oxygen atoms in total. The number of hydrogen-bond donors (Lipinski definition) is 0. The number of hydrogen-bond acceptors (Lipinski definition) is 3. The summed E-state index contributed by atoms with van der Waals surface area (Å²) in [5.41, 5.74) is 0.961. The summed E-state index contributed by atoms with van der Waals surface area (Å²) in [7, 11) is 0. The zero-order valence-corrected chi connectivity index (χ0v) is 11.7. The molecular weight excluding hydrogens is 284 g/mol. The average Bonchev–Trinajstić information content (AvgIpc) is 2.68. The molecule has 1 aliphatic rings. The third-order valence-electron chi connectivity index (χ3n) is 3.41. The molecule has 0 saturated heterocycles. The minimum absolute atomic E-state index is 0.240. The number of fused-ring (bicyclic) bond motifs is 1. The van der Waals surface area contributed by atoms with E-state index in [0.29, 0.717) is 18.1 Å². The van der Waals surface area contributed by atoms with Crippen LogP contribution in [-0.4, -0.2) is 16.5 Å². The van der Waals surface area contributed by atoms with Gasteiger partial charge in [-0.05, 0) is 12.1 Å². The molecule has 2 aromatic rings. The Kier molecular flexibility index (Phi) is 2.90. The van der Waals surface area contributed by atoms with Crippen molar-refractivity contribution in [2.45, 2.75) is 19.3 Å². The first kappa shape index (κ1) is 13.2. The van der Waals surface area contributed by atoms with E-state index in [2.05, 4.69) is 9.97 Å². The van der Waals surface area contributed by atoms with E-state index in [1.54, 1.807) is 17.3 Å². The van der Waals surface area contributed by atoms with Crippen LogP contribution < -0.4 is 4.90 Å². The molecule has 2 heterocycles. The Morgan fingerprint density at radius 1 is 1.15 bits per heavy atom. The molecule has 3 rings (SSSR count). The van der Waals surface area contributed by atoms with Gasteiger partial charge in [0.1, 0.15) is 16.7 Å². The van der Waals surface area contributed by atoms with E-state index in [-0.39, 0.29) is 5.41 Å². The summed E-state index contributed by atoms with van der Waals surface area (Å²) in [5, 5.41) is -0.494. The molecule has 0 aliphatic carbocycles. The third-order valence-corrected chi connectivity index (χ3v) is 3.77. The first-order chi connectivity index (χ1) is 9.40. The number of rotatable bonds is 1. The van der Waals surface area contributed by atoms with Crippen LogP contribution in [0, 0.1) is 11.6 Å². The van der Waals surface area contributed by atoms with E-state index in [4.69, 9.17) is 11.6 Å². The van der Waals surface area contributed by atoms with Crippen molar-refractivity contribution >= 4 is 23.1 Å². The number of benzene rings is 1. The summed E-state index contributed by atoms with van der Waals surface area (Å²) in [5.74, 6) is -0.938. The highest BCUT2D eigenvalue weighted by atomic mass is 35.5. The maximum atomic E-state index is 13.6. The van der Waals surface area contributed by atoms with Crippen molar-refractivity contribution in [2.24, 2.45) is 0 Å². The Balaban J connectivity index is 2.14. The molecule has 20 heavy (non-hydrogen) atoms. The highest BCUT2D eigenvalue weighted by Crippen LogP contribution is 2.42. The van der Waals surface area contributed by atoms with Crippen molar-refractivity contribution < 1.29 is 8.78 Å². The summed E-state index contributed by atoms with van der Waals surface area (Å²) in [4.78, 5) is 10.4. The quantitative estimate of drug-likeness (QED) is 0.749. The second-order valence-electron chi connectivity index (χ2n) is 5.42. The van der Waals surface area contributed by atoms with Crippen LogP contribution >= 0.6 is 11.6 Å². The van der Waals surface area contributed by atoms with E-state index in [9.17, 15) is 8.78 Å². The molecule has 1 aromatic carbocycles. The molecule has 0 unspecified atom stereocenters. The van der Waals surface area contributed by atoms with Crippen molar-refractivity contribution in [1.82, 2.24) is 9.97 Å². The fourth-order valence-corrected chi connectivity index (χ4v) is 2.57. The molecule has 0 amide bonds. The van der Waals surface area contributed by atoms with Gasteiger partial charge in [-0.3, -0.25) is 4.98 Å². The first-order valence-electron chi connectivity index (χ1n) is 6.14. The minimum Gasteiger partial charge on any atom is -0.324 e. The zero-order valence-electron chi connectivity index (χ0n) is 11.0. The normalized spacial score (nSPS) is 16.4. The van der Waals surface area contributed by atoms with Gasteiger partial charge in [-0.25, -0.2) is 13.8 Å². The second kappa shape index (κ2) is 4.38. The Bertz CT molecular complexity index is 665. The fraction of sp³-hybridized carbons (Fsp3) is 0.286. The molecule has 1 aromatic heterocycles. The molecule has 0 bridgehead atoms. The topological polar surface area (TPSA) is 29.0 Å². The lowest BCUT2D eigenvalue weighted by atomic mass is 9.92. The minimum atomic E-state index is -0.781. The van der Waals surface area contributed by atoms with Crippen LogP contribution in [-0.2, 0) is 5.41 Å². The van der Waals surface area contributed by atoms with Crippen LogP contribution in [0.1, 0.15) is 19.5 Å². The Labute approximate surface area is 120 Å². The Morgan fingerprint density at radius 2 is 1.75 bits per heavy atom. The number of anilines is 2. The van der Waals surface area contributed by atoms with Crippen LogP contribution in [0.25, 0.3) is 0 Å². The van der Waals surface area contributed by atoms with Crippen molar-refractivity contribution in [3.05, 3.63) is 46.9 Å². The summed E-state index contributed by atoms with van der Waals surface area (Å²) in [6.45, 7) is 4.58. The van der Waals surface area contributed by atoms with Gasteiger partial charge < -0.3 is 4.90 Å². The Hall–Kier alpha value is -1.75. The zero-order chi connectivity index (χ0) is 14.5. The molecule has 0 spiro atoms. The summed E-state index contributed by atoms with van der Waals surface area (Å²) in [6.07, 6.45) is 3.18. The maximum Gasteiger partial charge on any atom is 0.155 e. The maximum absolute atomic E-state index is 13.6. The van der Waals surface area contributed by atoms with Gasteiger partial charge in [-0.15, -0.1) is 0 Å². The van der Waals surface area contributed by atoms with Crippen LogP contribution in [0.4, 0.5) is 20.3 Å². The number of nitrogens with zero attached hydrogens (tertiary/aromatic N) is 3. The van der Waals surface area contributed by atoms with E-state index in [1.165, 1.54) is 12.1 Å². The number of aromatic nitrogens is 2. The van der Waals surface area contributed by atoms with Gasteiger partial charge in [0.25, 0.3) is 0 Å². The number of halogens is 3. The van der Waals surface area contributed by atoms with E-state index in [1.807, 2.05) is 13.8 Å². The van der Waals surface area contributed by atoms with Gasteiger partial charge in [-0.1, -0.05) is 25.4 Å². The summed E-state index contributed by atoms with van der Waals surface area (Å²) >= 11 is 5.52. The SMILES string of the molecule is CC1(C)CN(c2cc(F)c(Cl)c(F)c2)c2nccnc21. The van der Waals surface area contributed by atoms with E-state index < -0.39 is 16.7 Å². The van der Waals surface area contributed by atoms with Gasteiger partial charge in [0, 0.05) is 30.0 Å². The largest absolute Gasteiger partial charge is 0.324 e. The van der Waals surface area contributed by atoms with Gasteiger partial charge in [0.15, 0.2) is 5.82 Å². The molecule has 6 heteroatoms. The molecule has 0 atom stereocenters. The fourth-order valence-electron chi connectivity index (χ4n) is 2.46. The second-order valence-corrected chi connectivity index (χ2v) is 5.80. The molecule has 104 valence electrons. The third kappa shape index (κ3) is 1.93. The molecule has 0 radical (unpaired) electrons. The van der Waals surface area contributed by atoms with Gasteiger partial charge >= 0.3 is 0 Å². The molecule has 1 aliphatic heterocycles. The molecular formula is C14H12ClF2N3. The lowest BCUT2D eigenvalue weighted by molar-refractivity contribution is 0.550. The van der Waals surface area contributed by atoms with Crippen molar-refractivity contribution in [2.75, 3.05) is 11.4 Å². The van der Waals surface area contributed by atoms with Gasteiger partial charge in [0.2, 0.25) is 0 Å². The van der Waals surface area contributed by atoms with Gasteiger partial charge in [0.05, 0.1) is 5.69 Å². The predicted octanol–water partition coefficient (Wildman–Crippen LogP) is 3.84. The predicted molar refractivity (Wildman–Crippen MR) is 73.4 cm³/mol. The first-order valence-corrected chi connectivity index (χ1v) is 6.51. The lowest BCUT2D eigenvalue weighted by Crippen LogP contribution is -2.25. The highest BCUT2D eigenvalue weighted by Gasteiger charge is 2.38. The summed E-state index contributed by atoms with van der Waals surface area (Å²) in [6, 6.07) is 2.43. The van der Waals surface area contributed by atoms with Crippen molar-refractivity contribution in [3.8, 4) is 0 Å². The van der Waals surface area contributed by atoms with E-state index in [0.717, 1.165) is 5.69 Å². The van der Waals surface area contributed by atoms with Crippen molar-refractivity contribution in [3.63, 3.8) is 0 Å². The van der Waals surface area contributed by atoms with Crippen molar-refractivity contribution in [1.29, 1.82) is 0 Å². The van der Waals surface area contributed by atoms with Crippen LogP contribution in [0.15, 0.2) is 24.5 Å². The van der Waals surface area contributed by atoms with Crippen LogP contribution in [0.5, 0.6) is 0 Å². The molecule has 0 N–H and O–H groups in total. The monoisotopic (exact) mass is 295 g/mol. The van der Waals surface area contributed by atoms with E-state index >= 15 is 0 Å². The highest BCUT2D eigenvalue weighted by molar-refractivity contribution is 6.31. The molecule has 0 fully saturated rings.